The van der Waals surface area contributed by atoms with Gasteiger partial charge in [-0.1, -0.05) is 18.2 Å². The lowest BCUT2D eigenvalue weighted by atomic mass is 10.2. The third-order valence-electron chi connectivity index (χ3n) is 2.99. The van der Waals surface area contributed by atoms with Crippen molar-refractivity contribution in [2.75, 3.05) is 0 Å². The fourth-order valence-electron chi connectivity index (χ4n) is 1.83. The van der Waals surface area contributed by atoms with Gasteiger partial charge in [0, 0.05) is 5.56 Å². The first kappa shape index (κ1) is 16.1. The standard InChI is InChI=1S/C14H12FN3O5/c15-9-6-18(14(23)17-12(9)20)7-10(13(21)22)16-11(19)8-4-2-1-3-5-8/h1-6,10H,7H2,(H,16,19)(H,21,22)(H,17,20,23)/t10-/m0/s1. The van der Waals surface area contributed by atoms with Crippen LogP contribution in [0.1, 0.15) is 10.4 Å². The van der Waals surface area contributed by atoms with E-state index in [0.717, 1.165) is 0 Å². The Morgan fingerprint density at radius 2 is 1.91 bits per heavy atom. The van der Waals surface area contributed by atoms with Gasteiger partial charge in [-0.05, 0) is 12.1 Å². The van der Waals surface area contributed by atoms with Gasteiger partial charge in [-0.2, -0.15) is 4.39 Å². The molecule has 1 heterocycles. The van der Waals surface area contributed by atoms with Crippen molar-refractivity contribution in [1.82, 2.24) is 14.9 Å². The van der Waals surface area contributed by atoms with Crippen molar-refractivity contribution in [3.63, 3.8) is 0 Å². The minimum absolute atomic E-state index is 0.235. The Labute approximate surface area is 128 Å². The number of nitrogens with zero attached hydrogens (tertiary/aromatic N) is 1. The van der Waals surface area contributed by atoms with E-state index in [1.807, 2.05) is 0 Å². The van der Waals surface area contributed by atoms with E-state index in [1.165, 1.54) is 12.1 Å². The number of aliphatic carboxylic acids is 1. The number of aromatic nitrogens is 2. The molecule has 23 heavy (non-hydrogen) atoms. The molecule has 1 aromatic heterocycles. The summed E-state index contributed by atoms with van der Waals surface area (Å²) in [6.45, 7) is -0.541. The zero-order valence-electron chi connectivity index (χ0n) is 11.7. The third-order valence-corrected chi connectivity index (χ3v) is 2.99. The van der Waals surface area contributed by atoms with Gasteiger partial charge in [-0.25, -0.2) is 9.59 Å². The van der Waals surface area contributed by atoms with Crippen molar-refractivity contribution in [3.8, 4) is 0 Å². The number of halogens is 1. The molecule has 1 atom stereocenters. The molecule has 0 spiro atoms. The van der Waals surface area contributed by atoms with Gasteiger partial charge < -0.3 is 10.4 Å². The molecular formula is C14H12FN3O5. The summed E-state index contributed by atoms with van der Waals surface area (Å²) in [7, 11) is 0. The molecule has 0 saturated heterocycles. The number of carboxylic acids is 1. The van der Waals surface area contributed by atoms with E-state index in [2.05, 4.69) is 5.32 Å². The van der Waals surface area contributed by atoms with Gasteiger partial charge in [-0.3, -0.25) is 19.1 Å². The summed E-state index contributed by atoms with van der Waals surface area (Å²) >= 11 is 0. The second-order valence-electron chi connectivity index (χ2n) is 4.62. The second-order valence-corrected chi connectivity index (χ2v) is 4.62. The van der Waals surface area contributed by atoms with Gasteiger partial charge in [0.15, 0.2) is 0 Å². The Morgan fingerprint density at radius 1 is 1.26 bits per heavy atom. The predicted molar refractivity (Wildman–Crippen MR) is 76.6 cm³/mol. The van der Waals surface area contributed by atoms with Crippen LogP contribution in [0.25, 0.3) is 0 Å². The molecule has 0 aliphatic heterocycles. The maximum absolute atomic E-state index is 13.2. The monoisotopic (exact) mass is 321 g/mol. The number of carbonyl (C=O) groups excluding carboxylic acids is 1. The molecule has 0 unspecified atom stereocenters. The molecule has 0 saturated carbocycles. The van der Waals surface area contributed by atoms with Gasteiger partial charge in [0.05, 0.1) is 12.7 Å². The van der Waals surface area contributed by atoms with Crippen LogP contribution in [-0.4, -0.2) is 32.6 Å². The minimum atomic E-state index is -1.48. The quantitative estimate of drug-likeness (QED) is 0.689. The smallest absolute Gasteiger partial charge is 0.328 e. The molecular weight excluding hydrogens is 309 g/mol. The highest BCUT2D eigenvalue weighted by Crippen LogP contribution is 2.00. The molecule has 1 amide bonds. The summed E-state index contributed by atoms with van der Waals surface area (Å²) in [5, 5.41) is 11.4. The first-order chi connectivity index (χ1) is 10.9. The lowest BCUT2D eigenvalue weighted by Gasteiger charge is -2.15. The lowest BCUT2D eigenvalue weighted by Crippen LogP contribution is -2.46. The summed E-state index contributed by atoms with van der Waals surface area (Å²) in [5.74, 6) is -3.30. The van der Waals surface area contributed by atoms with Gasteiger partial charge >= 0.3 is 11.7 Å². The Balaban J connectivity index is 2.22. The van der Waals surface area contributed by atoms with E-state index < -0.39 is 41.5 Å². The van der Waals surface area contributed by atoms with E-state index in [9.17, 15) is 23.6 Å². The number of benzene rings is 1. The van der Waals surface area contributed by atoms with Crippen molar-refractivity contribution in [3.05, 3.63) is 68.7 Å². The molecule has 2 aromatic rings. The Hall–Kier alpha value is -3.23. The maximum Gasteiger partial charge on any atom is 0.328 e. The van der Waals surface area contributed by atoms with Gasteiger partial charge in [0.25, 0.3) is 11.5 Å². The van der Waals surface area contributed by atoms with E-state index >= 15 is 0 Å². The molecule has 8 nitrogen and oxygen atoms in total. The van der Waals surface area contributed by atoms with Crippen LogP contribution in [-0.2, 0) is 11.3 Å². The number of rotatable bonds is 5. The Kier molecular flexibility index (Phi) is 4.69. The summed E-state index contributed by atoms with van der Waals surface area (Å²) in [6.07, 6.45) is 0.589. The first-order valence-corrected chi connectivity index (χ1v) is 6.46. The van der Waals surface area contributed by atoms with E-state index in [0.29, 0.717) is 10.8 Å². The number of carboxylic acid groups (broad SMARTS) is 1. The van der Waals surface area contributed by atoms with Crippen LogP contribution in [0.15, 0.2) is 46.1 Å². The molecule has 0 aliphatic carbocycles. The number of hydrogen-bond acceptors (Lipinski definition) is 4. The van der Waals surface area contributed by atoms with Crippen molar-refractivity contribution >= 4 is 11.9 Å². The summed E-state index contributed by atoms with van der Waals surface area (Å²) < 4.78 is 13.9. The second kappa shape index (κ2) is 6.69. The zero-order valence-corrected chi connectivity index (χ0v) is 11.7. The number of nitrogens with one attached hydrogen (secondary N) is 2. The maximum atomic E-state index is 13.2. The Morgan fingerprint density at radius 3 is 2.52 bits per heavy atom. The van der Waals surface area contributed by atoms with Crippen LogP contribution in [0, 0.1) is 5.82 Å². The highest BCUT2D eigenvalue weighted by molar-refractivity contribution is 5.96. The van der Waals surface area contributed by atoms with Crippen LogP contribution in [0.4, 0.5) is 4.39 Å². The number of hydrogen-bond donors (Lipinski definition) is 3. The molecule has 9 heteroatoms. The van der Waals surface area contributed by atoms with E-state index in [-0.39, 0.29) is 5.56 Å². The summed E-state index contributed by atoms with van der Waals surface area (Å²) in [6, 6.07) is 6.39. The van der Waals surface area contributed by atoms with Gasteiger partial charge in [0.2, 0.25) is 5.82 Å². The van der Waals surface area contributed by atoms with Crippen LogP contribution >= 0.6 is 0 Å². The molecule has 2 rings (SSSR count). The van der Waals surface area contributed by atoms with Crippen LogP contribution in [0.3, 0.4) is 0 Å². The highest BCUT2D eigenvalue weighted by atomic mass is 19.1. The largest absolute Gasteiger partial charge is 0.480 e. The van der Waals surface area contributed by atoms with Crippen LogP contribution in [0.2, 0.25) is 0 Å². The minimum Gasteiger partial charge on any atom is -0.480 e. The normalized spacial score (nSPS) is 11.7. The van der Waals surface area contributed by atoms with Gasteiger partial charge in [0.1, 0.15) is 6.04 Å². The average molecular weight is 321 g/mol. The van der Waals surface area contributed by atoms with Gasteiger partial charge in [-0.15, -0.1) is 0 Å². The Bertz CT molecular complexity index is 843. The van der Waals surface area contributed by atoms with E-state index in [1.54, 1.807) is 23.2 Å². The lowest BCUT2D eigenvalue weighted by molar-refractivity contribution is -0.139. The predicted octanol–water partition coefficient (Wildman–Crippen LogP) is -0.441. The van der Waals surface area contributed by atoms with Crippen molar-refractivity contribution in [1.29, 1.82) is 0 Å². The number of aromatic amines is 1. The topological polar surface area (TPSA) is 121 Å². The molecule has 0 bridgehead atoms. The molecule has 0 fully saturated rings. The van der Waals surface area contributed by atoms with E-state index in [4.69, 9.17) is 5.11 Å². The summed E-state index contributed by atoms with van der Waals surface area (Å²) in [5.41, 5.74) is -1.94. The molecule has 0 aliphatic rings. The van der Waals surface area contributed by atoms with Crippen LogP contribution < -0.4 is 16.6 Å². The average Bonchev–Trinajstić information content (AvgIpc) is 2.52. The highest BCUT2D eigenvalue weighted by Gasteiger charge is 2.22. The number of H-pyrrole nitrogens is 1. The van der Waals surface area contributed by atoms with Crippen LogP contribution in [0.5, 0.6) is 0 Å². The van der Waals surface area contributed by atoms with Crippen molar-refractivity contribution < 1.29 is 19.1 Å². The zero-order chi connectivity index (χ0) is 17.0. The molecule has 3 N–H and O–H groups in total. The summed E-state index contributed by atoms with van der Waals surface area (Å²) in [4.78, 5) is 47.4. The molecule has 120 valence electrons. The number of carbonyl (C=O) groups is 2. The molecule has 1 aromatic carbocycles. The molecule has 0 radical (unpaired) electrons. The first-order valence-electron chi connectivity index (χ1n) is 6.46. The SMILES string of the molecule is O=C(N[C@@H](Cn1cc(F)c(=O)[nH]c1=O)C(=O)O)c1ccccc1. The number of amides is 1. The fraction of sp³-hybridized carbons (Fsp3) is 0.143. The van der Waals surface area contributed by atoms with Crippen molar-refractivity contribution in [2.24, 2.45) is 0 Å². The fourth-order valence-corrected chi connectivity index (χ4v) is 1.83. The third kappa shape index (κ3) is 3.90. The van der Waals surface area contributed by atoms with Crippen molar-refractivity contribution in [2.45, 2.75) is 12.6 Å².